The van der Waals surface area contributed by atoms with Crippen molar-refractivity contribution in [2.24, 2.45) is 5.92 Å². The first-order valence-corrected chi connectivity index (χ1v) is 8.47. The Morgan fingerprint density at radius 3 is 2.83 bits per heavy atom. The van der Waals surface area contributed by atoms with Crippen molar-refractivity contribution in [3.05, 3.63) is 29.8 Å². The van der Waals surface area contributed by atoms with E-state index in [2.05, 4.69) is 10.6 Å². The van der Waals surface area contributed by atoms with Gasteiger partial charge in [-0.3, -0.25) is 4.79 Å². The third-order valence-electron chi connectivity index (χ3n) is 5.34. The van der Waals surface area contributed by atoms with Crippen LogP contribution in [0.25, 0.3) is 0 Å². The number of hydrogen-bond acceptors (Lipinski definition) is 4. The van der Waals surface area contributed by atoms with E-state index in [1.165, 1.54) is 0 Å². The third-order valence-corrected chi connectivity index (χ3v) is 5.34. The van der Waals surface area contributed by atoms with E-state index in [0.29, 0.717) is 13.1 Å². The smallest absolute Gasteiger partial charge is 0.230 e. The van der Waals surface area contributed by atoms with E-state index in [9.17, 15) is 9.90 Å². The Labute approximate surface area is 137 Å². The van der Waals surface area contributed by atoms with Crippen molar-refractivity contribution < 1.29 is 14.6 Å². The summed E-state index contributed by atoms with van der Waals surface area (Å²) in [7, 11) is 1.65. The molecule has 3 N–H and O–H groups in total. The molecule has 0 aromatic heterocycles. The highest BCUT2D eigenvalue weighted by atomic mass is 16.5. The quantitative estimate of drug-likeness (QED) is 0.763. The fourth-order valence-corrected chi connectivity index (χ4v) is 3.87. The second-order valence-corrected chi connectivity index (χ2v) is 6.72. The van der Waals surface area contributed by atoms with Crippen LogP contribution in [0, 0.1) is 5.92 Å². The highest BCUT2D eigenvalue weighted by Crippen LogP contribution is 2.42. The van der Waals surface area contributed by atoms with Crippen LogP contribution in [0.15, 0.2) is 24.3 Å². The van der Waals surface area contributed by atoms with Gasteiger partial charge in [0.05, 0.1) is 18.6 Å². The molecular formula is C18H26N2O3. The topological polar surface area (TPSA) is 70.6 Å². The minimum Gasteiger partial charge on any atom is -0.497 e. The average molecular weight is 318 g/mol. The van der Waals surface area contributed by atoms with E-state index in [4.69, 9.17) is 4.74 Å². The van der Waals surface area contributed by atoms with Gasteiger partial charge in [-0.25, -0.2) is 0 Å². The zero-order chi connectivity index (χ0) is 16.3. The van der Waals surface area contributed by atoms with Crippen molar-refractivity contribution in [2.75, 3.05) is 26.7 Å². The first-order chi connectivity index (χ1) is 11.2. The van der Waals surface area contributed by atoms with Crippen LogP contribution in [-0.4, -0.2) is 43.9 Å². The van der Waals surface area contributed by atoms with Gasteiger partial charge in [0.25, 0.3) is 0 Å². The third kappa shape index (κ3) is 3.21. The molecule has 1 saturated carbocycles. The van der Waals surface area contributed by atoms with E-state index >= 15 is 0 Å². The Morgan fingerprint density at radius 2 is 2.17 bits per heavy atom. The average Bonchev–Trinajstić information content (AvgIpc) is 3.22. The Bertz CT molecular complexity index is 555. The number of β-amino-alcohol motifs (C(OH)–C–C–N with tert-alkyl or cyclic N) is 1. The second kappa shape index (κ2) is 6.89. The Kier molecular flexibility index (Phi) is 4.87. The summed E-state index contributed by atoms with van der Waals surface area (Å²) in [4.78, 5) is 13.0. The lowest BCUT2D eigenvalue weighted by Crippen LogP contribution is -2.45. The van der Waals surface area contributed by atoms with Crippen molar-refractivity contribution in [1.29, 1.82) is 0 Å². The zero-order valence-electron chi connectivity index (χ0n) is 13.7. The van der Waals surface area contributed by atoms with Gasteiger partial charge in [-0.15, -0.1) is 0 Å². The van der Waals surface area contributed by atoms with E-state index < -0.39 is 5.41 Å². The Balaban J connectivity index is 1.75. The van der Waals surface area contributed by atoms with Gasteiger partial charge in [0.15, 0.2) is 0 Å². The zero-order valence-corrected chi connectivity index (χ0v) is 13.7. The molecule has 2 atom stereocenters. The number of aliphatic hydroxyl groups is 1. The SMILES string of the molecule is COc1cccc(C2(C(=O)NCC3CNCC3O)CCCC2)c1. The van der Waals surface area contributed by atoms with Gasteiger partial charge < -0.3 is 20.5 Å². The highest BCUT2D eigenvalue weighted by molar-refractivity contribution is 5.88. The molecule has 2 fully saturated rings. The molecule has 5 heteroatoms. The van der Waals surface area contributed by atoms with Crippen LogP contribution in [0.5, 0.6) is 5.75 Å². The van der Waals surface area contributed by atoms with Gasteiger partial charge in [-0.05, 0) is 30.5 Å². The molecule has 1 aromatic rings. The van der Waals surface area contributed by atoms with E-state index in [-0.39, 0.29) is 17.9 Å². The Morgan fingerprint density at radius 1 is 1.39 bits per heavy atom. The van der Waals surface area contributed by atoms with Gasteiger partial charge >= 0.3 is 0 Å². The molecule has 0 bridgehead atoms. The van der Waals surface area contributed by atoms with Crippen LogP contribution in [0.3, 0.4) is 0 Å². The number of ether oxygens (including phenoxy) is 1. The summed E-state index contributed by atoms with van der Waals surface area (Å²) in [5, 5.41) is 16.1. The maximum atomic E-state index is 13.0. The van der Waals surface area contributed by atoms with Gasteiger partial charge in [0.1, 0.15) is 5.75 Å². The number of hydrogen-bond donors (Lipinski definition) is 3. The summed E-state index contributed by atoms with van der Waals surface area (Å²) in [6, 6.07) is 7.87. The Hall–Kier alpha value is -1.59. The standard InChI is InChI=1S/C18H26N2O3/c1-23-15-6-4-5-14(9-15)18(7-2-3-8-18)17(22)20-11-13-10-19-12-16(13)21/h4-6,9,13,16,19,21H,2-3,7-8,10-12H2,1H3,(H,20,22). The first-order valence-electron chi connectivity index (χ1n) is 8.47. The number of carbonyl (C=O) groups is 1. The minimum atomic E-state index is -0.453. The van der Waals surface area contributed by atoms with E-state index in [1.807, 2.05) is 24.3 Å². The van der Waals surface area contributed by atoms with E-state index in [1.54, 1.807) is 7.11 Å². The van der Waals surface area contributed by atoms with Crippen LogP contribution in [0.2, 0.25) is 0 Å². The predicted octanol–water partition coefficient (Wildman–Crippen LogP) is 1.20. The maximum Gasteiger partial charge on any atom is 0.230 e. The second-order valence-electron chi connectivity index (χ2n) is 6.72. The molecule has 0 spiro atoms. The molecule has 1 amide bonds. The molecule has 3 rings (SSSR count). The number of carbonyl (C=O) groups excluding carboxylic acids is 1. The number of methoxy groups -OCH3 is 1. The fourth-order valence-electron chi connectivity index (χ4n) is 3.87. The summed E-state index contributed by atoms with van der Waals surface area (Å²) in [6.07, 6.45) is 3.51. The van der Waals surface area contributed by atoms with Gasteiger partial charge in [-0.1, -0.05) is 25.0 Å². The number of benzene rings is 1. The molecule has 0 radical (unpaired) electrons. The lowest BCUT2D eigenvalue weighted by Gasteiger charge is -2.29. The van der Waals surface area contributed by atoms with Crippen LogP contribution < -0.4 is 15.4 Å². The van der Waals surface area contributed by atoms with Crippen molar-refractivity contribution in [2.45, 2.75) is 37.2 Å². The largest absolute Gasteiger partial charge is 0.497 e. The highest BCUT2D eigenvalue weighted by Gasteiger charge is 2.43. The van der Waals surface area contributed by atoms with Crippen LogP contribution >= 0.6 is 0 Å². The van der Waals surface area contributed by atoms with Crippen molar-refractivity contribution in [3.8, 4) is 5.75 Å². The number of amides is 1. The molecule has 2 aliphatic rings. The lowest BCUT2D eigenvalue weighted by molar-refractivity contribution is -0.126. The van der Waals surface area contributed by atoms with Crippen LogP contribution in [0.1, 0.15) is 31.2 Å². The van der Waals surface area contributed by atoms with Gasteiger partial charge in [-0.2, -0.15) is 0 Å². The molecule has 1 saturated heterocycles. The normalized spacial score (nSPS) is 26.2. The monoisotopic (exact) mass is 318 g/mol. The first kappa shape index (κ1) is 16.3. The fraction of sp³-hybridized carbons (Fsp3) is 0.611. The summed E-state index contributed by atoms with van der Waals surface area (Å²) < 4.78 is 5.32. The lowest BCUT2D eigenvalue weighted by atomic mass is 9.77. The molecule has 1 aromatic carbocycles. The molecule has 5 nitrogen and oxygen atoms in total. The molecular weight excluding hydrogens is 292 g/mol. The number of nitrogens with one attached hydrogen (secondary N) is 2. The summed E-state index contributed by atoms with van der Waals surface area (Å²) in [6.45, 7) is 1.90. The van der Waals surface area contributed by atoms with Crippen molar-refractivity contribution in [1.82, 2.24) is 10.6 Å². The van der Waals surface area contributed by atoms with Gasteiger partial charge in [0, 0.05) is 25.6 Å². The van der Waals surface area contributed by atoms with Crippen LogP contribution in [0.4, 0.5) is 0 Å². The summed E-state index contributed by atoms with van der Waals surface area (Å²) >= 11 is 0. The minimum absolute atomic E-state index is 0.0855. The molecule has 1 aliphatic heterocycles. The number of aliphatic hydroxyl groups excluding tert-OH is 1. The number of rotatable bonds is 5. The summed E-state index contributed by atoms with van der Waals surface area (Å²) in [5.41, 5.74) is 0.586. The van der Waals surface area contributed by atoms with Gasteiger partial charge in [0.2, 0.25) is 5.91 Å². The predicted molar refractivity (Wildman–Crippen MR) is 88.5 cm³/mol. The van der Waals surface area contributed by atoms with Crippen molar-refractivity contribution in [3.63, 3.8) is 0 Å². The molecule has 2 unspecified atom stereocenters. The molecule has 126 valence electrons. The maximum absolute atomic E-state index is 13.0. The van der Waals surface area contributed by atoms with E-state index in [0.717, 1.165) is 43.5 Å². The molecule has 1 heterocycles. The molecule has 1 aliphatic carbocycles. The molecule has 23 heavy (non-hydrogen) atoms. The van der Waals surface area contributed by atoms with Crippen molar-refractivity contribution >= 4 is 5.91 Å². The van der Waals surface area contributed by atoms with Crippen LogP contribution in [-0.2, 0) is 10.2 Å². The summed E-state index contributed by atoms with van der Waals surface area (Å²) in [5.74, 6) is 0.974.